The molecule has 0 radical (unpaired) electrons. The standard InChI is InChI=1S/C12H12BrNO3S/c13-8-3-1-7(2-4-8)11(12(16)17)14-6-9(18)5-10(14)15/h1-4,9,11,18H,5-6H2,(H,16,17). The van der Waals surface area contributed by atoms with Gasteiger partial charge in [-0.3, -0.25) is 4.79 Å². The third-order valence-corrected chi connectivity index (χ3v) is 3.74. The van der Waals surface area contributed by atoms with Crippen LogP contribution in [0.25, 0.3) is 0 Å². The second-order valence-corrected chi connectivity index (χ2v) is 5.84. The van der Waals surface area contributed by atoms with Gasteiger partial charge in [0.2, 0.25) is 5.91 Å². The fourth-order valence-corrected chi connectivity index (χ4v) is 2.66. The van der Waals surface area contributed by atoms with Crippen LogP contribution in [0, 0.1) is 0 Å². The first kappa shape index (κ1) is 13.4. The molecule has 18 heavy (non-hydrogen) atoms. The highest BCUT2D eigenvalue weighted by Crippen LogP contribution is 2.29. The van der Waals surface area contributed by atoms with Crippen LogP contribution in [0.1, 0.15) is 18.0 Å². The van der Waals surface area contributed by atoms with Crippen molar-refractivity contribution in [1.29, 1.82) is 0 Å². The normalized spacial score (nSPS) is 21.1. The third kappa shape index (κ3) is 2.70. The second-order valence-electron chi connectivity index (χ2n) is 4.20. The molecule has 0 aromatic heterocycles. The number of rotatable bonds is 3. The smallest absolute Gasteiger partial charge is 0.331 e. The Morgan fingerprint density at radius 2 is 2.06 bits per heavy atom. The van der Waals surface area contributed by atoms with Crippen LogP contribution >= 0.6 is 28.6 Å². The summed E-state index contributed by atoms with van der Waals surface area (Å²) in [5.74, 6) is -1.18. The molecular formula is C12H12BrNO3S. The van der Waals surface area contributed by atoms with Crippen molar-refractivity contribution in [2.75, 3.05) is 6.54 Å². The Morgan fingerprint density at radius 1 is 1.44 bits per heavy atom. The summed E-state index contributed by atoms with van der Waals surface area (Å²) in [7, 11) is 0. The summed E-state index contributed by atoms with van der Waals surface area (Å²) in [5, 5.41) is 9.24. The number of amides is 1. The number of thiol groups is 1. The van der Waals surface area contributed by atoms with Gasteiger partial charge in [0.1, 0.15) is 0 Å². The molecule has 0 bridgehead atoms. The third-order valence-electron chi connectivity index (χ3n) is 2.87. The maximum absolute atomic E-state index is 11.8. The number of halogens is 1. The summed E-state index contributed by atoms with van der Waals surface area (Å²) in [5.41, 5.74) is 0.599. The molecule has 1 amide bonds. The van der Waals surface area contributed by atoms with Crippen molar-refractivity contribution < 1.29 is 14.7 Å². The van der Waals surface area contributed by atoms with Gasteiger partial charge in [-0.1, -0.05) is 28.1 Å². The molecule has 0 saturated carbocycles. The number of nitrogens with zero attached hydrogens (tertiary/aromatic N) is 1. The van der Waals surface area contributed by atoms with Crippen LogP contribution in [-0.4, -0.2) is 33.7 Å². The molecule has 2 unspecified atom stereocenters. The maximum atomic E-state index is 11.8. The van der Waals surface area contributed by atoms with Crippen molar-refractivity contribution in [2.24, 2.45) is 0 Å². The van der Waals surface area contributed by atoms with Crippen molar-refractivity contribution >= 4 is 40.4 Å². The molecule has 1 fully saturated rings. The molecule has 0 spiro atoms. The van der Waals surface area contributed by atoms with Crippen LogP contribution in [0.4, 0.5) is 0 Å². The largest absolute Gasteiger partial charge is 0.479 e. The van der Waals surface area contributed by atoms with Gasteiger partial charge < -0.3 is 10.0 Å². The zero-order valence-corrected chi connectivity index (χ0v) is 11.9. The van der Waals surface area contributed by atoms with E-state index in [2.05, 4.69) is 28.6 Å². The van der Waals surface area contributed by atoms with Crippen LogP contribution < -0.4 is 0 Å². The lowest BCUT2D eigenvalue weighted by Gasteiger charge is -2.24. The minimum atomic E-state index is -1.02. The predicted octanol–water partition coefficient (Wildman–Crippen LogP) is 2.11. The first-order valence-electron chi connectivity index (χ1n) is 5.45. The zero-order valence-electron chi connectivity index (χ0n) is 9.41. The van der Waals surface area contributed by atoms with E-state index < -0.39 is 12.0 Å². The summed E-state index contributed by atoms with van der Waals surface area (Å²) in [6, 6.07) is 6.03. The van der Waals surface area contributed by atoms with Gasteiger partial charge in [0.15, 0.2) is 6.04 Å². The highest BCUT2D eigenvalue weighted by atomic mass is 79.9. The number of carbonyl (C=O) groups excluding carboxylic acids is 1. The molecule has 1 aromatic carbocycles. The molecule has 2 atom stereocenters. The van der Waals surface area contributed by atoms with E-state index in [1.807, 2.05) is 0 Å². The average molecular weight is 330 g/mol. The highest BCUT2D eigenvalue weighted by Gasteiger charge is 2.37. The number of aliphatic carboxylic acids is 1. The van der Waals surface area contributed by atoms with Crippen molar-refractivity contribution in [3.63, 3.8) is 0 Å². The second kappa shape index (κ2) is 5.32. The average Bonchev–Trinajstić information content (AvgIpc) is 2.61. The quantitative estimate of drug-likeness (QED) is 0.835. The van der Waals surface area contributed by atoms with Gasteiger partial charge in [-0.15, -0.1) is 0 Å². The number of carbonyl (C=O) groups is 2. The summed E-state index contributed by atoms with van der Waals surface area (Å²) >= 11 is 7.54. The van der Waals surface area contributed by atoms with E-state index in [-0.39, 0.29) is 11.2 Å². The lowest BCUT2D eigenvalue weighted by Crippen LogP contribution is -2.35. The number of likely N-dealkylation sites (tertiary alicyclic amines) is 1. The minimum absolute atomic E-state index is 0.0881. The number of hydrogen-bond donors (Lipinski definition) is 2. The van der Waals surface area contributed by atoms with Crippen LogP contribution in [0.2, 0.25) is 0 Å². The first-order chi connectivity index (χ1) is 8.49. The van der Waals surface area contributed by atoms with Crippen LogP contribution in [0.5, 0.6) is 0 Å². The summed E-state index contributed by atoms with van der Waals surface area (Å²) in [6.07, 6.45) is 0.295. The number of carboxylic acid groups (broad SMARTS) is 1. The van der Waals surface area contributed by atoms with E-state index in [0.29, 0.717) is 18.5 Å². The topological polar surface area (TPSA) is 57.6 Å². The fraction of sp³-hybridized carbons (Fsp3) is 0.333. The molecule has 1 aliphatic heterocycles. The Morgan fingerprint density at radius 3 is 2.50 bits per heavy atom. The SMILES string of the molecule is O=C(O)C(c1ccc(Br)cc1)N1CC(S)CC1=O. The molecule has 1 aliphatic rings. The summed E-state index contributed by atoms with van der Waals surface area (Å²) in [4.78, 5) is 24.5. The molecule has 2 rings (SSSR count). The van der Waals surface area contributed by atoms with Crippen LogP contribution in [0.3, 0.4) is 0 Å². The van der Waals surface area contributed by atoms with Gasteiger partial charge >= 0.3 is 5.97 Å². The van der Waals surface area contributed by atoms with E-state index in [9.17, 15) is 14.7 Å². The van der Waals surface area contributed by atoms with Gasteiger partial charge in [0.05, 0.1) is 0 Å². The van der Waals surface area contributed by atoms with Crippen molar-refractivity contribution in [1.82, 2.24) is 4.90 Å². The molecular weight excluding hydrogens is 318 g/mol. The fourth-order valence-electron chi connectivity index (χ4n) is 2.06. The van der Waals surface area contributed by atoms with Gasteiger partial charge in [-0.25, -0.2) is 4.79 Å². The van der Waals surface area contributed by atoms with Crippen LogP contribution in [0.15, 0.2) is 28.7 Å². The maximum Gasteiger partial charge on any atom is 0.331 e. The van der Waals surface area contributed by atoms with Gasteiger partial charge in [-0.05, 0) is 17.7 Å². The number of carboxylic acids is 1. The molecule has 0 aliphatic carbocycles. The number of benzene rings is 1. The van der Waals surface area contributed by atoms with E-state index in [1.165, 1.54) is 4.90 Å². The molecule has 1 N–H and O–H groups in total. The first-order valence-corrected chi connectivity index (χ1v) is 6.76. The van der Waals surface area contributed by atoms with E-state index >= 15 is 0 Å². The zero-order chi connectivity index (χ0) is 13.3. The molecule has 1 saturated heterocycles. The lowest BCUT2D eigenvalue weighted by molar-refractivity contribution is -0.148. The van der Waals surface area contributed by atoms with Gasteiger partial charge in [0.25, 0.3) is 0 Å². The Kier molecular flexibility index (Phi) is 3.97. The Hall–Kier alpha value is -1.01. The van der Waals surface area contributed by atoms with Gasteiger partial charge in [0, 0.05) is 22.7 Å². The summed E-state index contributed by atoms with van der Waals surface area (Å²) in [6.45, 7) is 0.370. The predicted molar refractivity (Wildman–Crippen MR) is 73.6 cm³/mol. The minimum Gasteiger partial charge on any atom is -0.479 e. The Balaban J connectivity index is 2.32. The van der Waals surface area contributed by atoms with E-state index in [1.54, 1.807) is 24.3 Å². The highest BCUT2D eigenvalue weighted by molar-refractivity contribution is 9.10. The Bertz CT molecular complexity index is 477. The monoisotopic (exact) mass is 329 g/mol. The van der Waals surface area contributed by atoms with Crippen molar-refractivity contribution in [3.05, 3.63) is 34.3 Å². The van der Waals surface area contributed by atoms with E-state index in [4.69, 9.17) is 0 Å². The lowest BCUT2D eigenvalue weighted by atomic mass is 10.1. The molecule has 6 heteroatoms. The molecule has 96 valence electrons. The van der Waals surface area contributed by atoms with Crippen molar-refractivity contribution in [2.45, 2.75) is 17.7 Å². The Labute approximate surface area is 119 Å². The molecule has 1 heterocycles. The van der Waals surface area contributed by atoms with Crippen molar-refractivity contribution in [3.8, 4) is 0 Å². The molecule has 1 aromatic rings. The number of hydrogen-bond acceptors (Lipinski definition) is 3. The van der Waals surface area contributed by atoms with Gasteiger partial charge in [-0.2, -0.15) is 12.6 Å². The molecule has 4 nitrogen and oxygen atoms in total. The summed E-state index contributed by atoms with van der Waals surface area (Å²) < 4.78 is 0.871. The van der Waals surface area contributed by atoms with E-state index in [0.717, 1.165) is 4.47 Å². The van der Waals surface area contributed by atoms with Crippen LogP contribution in [-0.2, 0) is 9.59 Å².